The van der Waals surface area contributed by atoms with E-state index in [1.807, 2.05) is 24.3 Å². The standard InChI is InChI=1S/C25H22ClN3O3/c26-18-7-5-17(6-8-18)22-23(25(31)29(24(22)30)16-21-4-3-15-32-21)27-19-9-11-20(12-10-19)28-13-1-2-14-28/h3-12,15,27H,1-2,13-14,16H2. The molecule has 2 aliphatic rings. The van der Waals surface area contributed by atoms with Gasteiger partial charge in [-0.1, -0.05) is 23.7 Å². The van der Waals surface area contributed by atoms with E-state index in [1.54, 1.807) is 36.4 Å². The number of nitrogens with one attached hydrogen (secondary N) is 1. The van der Waals surface area contributed by atoms with Crippen molar-refractivity contribution in [2.45, 2.75) is 19.4 Å². The Bertz CT molecular complexity index is 1160. The van der Waals surface area contributed by atoms with Crippen LogP contribution in [0.3, 0.4) is 0 Å². The molecule has 5 rings (SSSR count). The van der Waals surface area contributed by atoms with E-state index in [4.69, 9.17) is 16.0 Å². The van der Waals surface area contributed by atoms with Gasteiger partial charge in [-0.05, 0) is 66.9 Å². The van der Waals surface area contributed by atoms with E-state index in [-0.39, 0.29) is 24.1 Å². The molecule has 0 aliphatic carbocycles. The summed E-state index contributed by atoms with van der Waals surface area (Å²) in [6, 6.07) is 18.3. The second-order valence-electron chi connectivity index (χ2n) is 7.90. The number of rotatable bonds is 6. The summed E-state index contributed by atoms with van der Waals surface area (Å²) in [4.78, 5) is 30.1. The highest BCUT2D eigenvalue weighted by Gasteiger charge is 2.39. The Kier molecular flexibility index (Phi) is 5.45. The summed E-state index contributed by atoms with van der Waals surface area (Å²) in [6.07, 6.45) is 3.94. The Morgan fingerprint density at radius 1 is 0.906 bits per heavy atom. The fourth-order valence-corrected chi connectivity index (χ4v) is 4.28. The second kappa shape index (κ2) is 8.55. The van der Waals surface area contributed by atoms with E-state index in [9.17, 15) is 9.59 Å². The molecule has 2 amide bonds. The highest BCUT2D eigenvalue weighted by atomic mass is 35.5. The number of hydrogen-bond acceptors (Lipinski definition) is 5. The number of benzene rings is 2. The topological polar surface area (TPSA) is 65.8 Å². The fraction of sp³-hybridized carbons (Fsp3) is 0.200. The van der Waals surface area contributed by atoms with Crippen LogP contribution in [0.25, 0.3) is 5.57 Å². The molecule has 0 radical (unpaired) electrons. The molecule has 2 aromatic carbocycles. The molecule has 32 heavy (non-hydrogen) atoms. The minimum absolute atomic E-state index is 0.0703. The molecule has 162 valence electrons. The van der Waals surface area contributed by atoms with Crippen molar-refractivity contribution in [3.8, 4) is 0 Å². The lowest BCUT2D eigenvalue weighted by molar-refractivity contribution is -0.137. The van der Waals surface area contributed by atoms with E-state index in [0.717, 1.165) is 24.5 Å². The average molecular weight is 448 g/mol. The smallest absolute Gasteiger partial charge is 0.278 e. The molecule has 3 aromatic rings. The highest BCUT2D eigenvalue weighted by molar-refractivity contribution is 6.36. The van der Waals surface area contributed by atoms with Gasteiger partial charge in [-0.2, -0.15) is 0 Å². The molecule has 7 heteroatoms. The van der Waals surface area contributed by atoms with E-state index >= 15 is 0 Å². The zero-order valence-corrected chi connectivity index (χ0v) is 18.1. The maximum absolute atomic E-state index is 13.3. The van der Waals surface area contributed by atoms with Crippen LogP contribution in [0.1, 0.15) is 24.2 Å². The number of hydrogen-bond donors (Lipinski definition) is 1. The largest absolute Gasteiger partial charge is 0.467 e. The van der Waals surface area contributed by atoms with Gasteiger partial charge in [0.2, 0.25) is 0 Å². The van der Waals surface area contributed by atoms with Crippen molar-refractivity contribution in [2.24, 2.45) is 0 Å². The maximum Gasteiger partial charge on any atom is 0.278 e. The molecule has 0 spiro atoms. The Hall–Kier alpha value is -3.51. The van der Waals surface area contributed by atoms with Crippen LogP contribution in [0.5, 0.6) is 0 Å². The third kappa shape index (κ3) is 3.89. The Morgan fingerprint density at radius 3 is 2.28 bits per heavy atom. The minimum atomic E-state index is -0.389. The van der Waals surface area contributed by atoms with Crippen molar-refractivity contribution >= 4 is 40.4 Å². The summed E-state index contributed by atoms with van der Waals surface area (Å²) >= 11 is 6.03. The van der Waals surface area contributed by atoms with Crippen molar-refractivity contribution in [3.63, 3.8) is 0 Å². The van der Waals surface area contributed by atoms with Crippen molar-refractivity contribution in [1.82, 2.24) is 4.90 Å². The van der Waals surface area contributed by atoms with Gasteiger partial charge >= 0.3 is 0 Å². The summed E-state index contributed by atoms with van der Waals surface area (Å²) in [5.41, 5.74) is 3.11. The molecule has 1 fully saturated rings. The Balaban J connectivity index is 1.47. The van der Waals surface area contributed by atoms with Crippen molar-refractivity contribution in [1.29, 1.82) is 0 Å². The lowest BCUT2D eigenvalue weighted by atomic mass is 10.0. The van der Waals surface area contributed by atoms with Crippen molar-refractivity contribution in [2.75, 3.05) is 23.3 Å². The quantitative estimate of drug-likeness (QED) is 0.543. The van der Waals surface area contributed by atoms with Gasteiger partial charge in [0.15, 0.2) is 0 Å². The molecule has 0 unspecified atom stereocenters. The first-order valence-electron chi connectivity index (χ1n) is 10.6. The molecule has 3 heterocycles. The maximum atomic E-state index is 13.3. The van der Waals surface area contributed by atoms with Gasteiger partial charge in [0.25, 0.3) is 11.8 Å². The molecule has 1 aromatic heterocycles. The van der Waals surface area contributed by atoms with Crippen LogP contribution < -0.4 is 10.2 Å². The first kappa shape index (κ1) is 20.4. The van der Waals surface area contributed by atoms with Gasteiger partial charge in [0, 0.05) is 29.5 Å². The molecular formula is C25H22ClN3O3. The van der Waals surface area contributed by atoms with Gasteiger partial charge in [-0.15, -0.1) is 0 Å². The van der Waals surface area contributed by atoms with Crippen LogP contribution in [0.2, 0.25) is 5.02 Å². The fourth-order valence-electron chi connectivity index (χ4n) is 4.15. The number of furan rings is 1. The number of carbonyl (C=O) groups is 2. The summed E-state index contributed by atoms with van der Waals surface area (Å²) in [5, 5.41) is 3.76. The van der Waals surface area contributed by atoms with Gasteiger partial charge < -0.3 is 14.6 Å². The van der Waals surface area contributed by atoms with Crippen LogP contribution in [-0.2, 0) is 16.1 Å². The first-order chi connectivity index (χ1) is 15.6. The SMILES string of the molecule is O=C1C(Nc2ccc(N3CCCC3)cc2)=C(c2ccc(Cl)cc2)C(=O)N1Cc1ccco1. The number of amides is 2. The molecular weight excluding hydrogens is 426 g/mol. The zero-order valence-electron chi connectivity index (χ0n) is 17.4. The van der Waals surface area contributed by atoms with Crippen LogP contribution in [0.15, 0.2) is 77.0 Å². The average Bonchev–Trinajstić information content (AvgIpc) is 3.56. The molecule has 6 nitrogen and oxygen atoms in total. The predicted octanol–water partition coefficient (Wildman–Crippen LogP) is 4.93. The van der Waals surface area contributed by atoms with Gasteiger partial charge in [-0.25, -0.2) is 0 Å². The van der Waals surface area contributed by atoms with E-state index < -0.39 is 0 Å². The van der Waals surface area contributed by atoms with E-state index in [2.05, 4.69) is 10.2 Å². The van der Waals surface area contributed by atoms with Crippen LogP contribution in [0.4, 0.5) is 11.4 Å². The number of halogens is 1. The second-order valence-corrected chi connectivity index (χ2v) is 8.34. The number of nitrogens with zero attached hydrogens (tertiary/aromatic N) is 2. The zero-order chi connectivity index (χ0) is 22.1. The molecule has 0 bridgehead atoms. The predicted molar refractivity (Wildman–Crippen MR) is 124 cm³/mol. The third-order valence-electron chi connectivity index (χ3n) is 5.80. The van der Waals surface area contributed by atoms with E-state index in [1.165, 1.54) is 24.0 Å². The number of imide groups is 1. The summed E-state index contributed by atoms with van der Waals surface area (Å²) in [6.45, 7) is 2.20. The normalized spacial score (nSPS) is 16.4. The summed E-state index contributed by atoms with van der Waals surface area (Å²) in [5.74, 6) is -0.219. The lowest BCUT2D eigenvalue weighted by Crippen LogP contribution is -2.31. The Morgan fingerprint density at radius 2 is 1.62 bits per heavy atom. The summed E-state index contributed by atoms with van der Waals surface area (Å²) in [7, 11) is 0. The first-order valence-corrected chi connectivity index (χ1v) is 11.0. The lowest BCUT2D eigenvalue weighted by Gasteiger charge is -2.18. The number of anilines is 2. The number of carbonyl (C=O) groups excluding carboxylic acids is 2. The highest BCUT2D eigenvalue weighted by Crippen LogP contribution is 2.32. The van der Waals surface area contributed by atoms with Crippen LogP contribution >= 0.6 is 11.6 Å². The van der Waals surface area contributed by atoms with Crippen LogP contribution in [-0.4, -0.2) is 29.8 Å². The van der Waals surface area contributed by atoms with Crippen LogP contribution in [0, 0.1) is 0 Å². The molecule has 0 atom stereocenters. The monoisotopic (exact) mass is 447 g/mol. The van der Waals surface area contributed by atoms with E-state index in [0.29, 0.717) is 21.9 Å². The molecule has 1 saturated heterocycles. The molecule has 2 aliphatic heterocycles. The van der Waals surface area contributed by atoms with Crippen molar-refractivity contribution < 1.29 is 14.0 Å². The Labute approximate surface area is 191 Å². The summed E-state index contributed by atoms with van der Waals surface area (Å²) < 4.78 is 5.36. The van der Waals surface area contributed by atoms with Crippen molar-refractivity contribution in [3.05, 3.63) is 89.0 Å². The van der Waals surface area contributed by atoms with Gasteiger partial charge in [0.05, 0.1) is 18.4 Å². The third-order valence-corrected chi connectivity index (χ3v) is 6.05. The van der Waals surface area contributed by atoms with Gasteiger partial charge in [0.1, 0.15) is 11.5 Å². The molecule has 0 saturated carbocycles. The minimum Gasteiger partial charge on any atom is -0.467 e. The molecule has 1 N–H and O–H groups in total. The van der Waals surface area contributed by atoms with Gasteiger partial charge in [-0.3, -0.25) is 14.5 Å².